The van der Waals surface area contributed by atoms with Gasteiger partial charge in [0.25, 0.3) is 0 Å². The van der Waals surface area contributed by atoms with Crippen molar-refractivity contribution < 1.29 is 20.0 Å². The van der Waals surface area contributed by atoms with Crippen molar-refractivity contribution in [1.29, 1.82) is 0 Å². The molecule has 0 rings (SSSR count). The van der Waals surface area contributed by atoms with Gasteiger partial charge in [0.15, 0.2) is 0 Å². The smallest absolute Gasteiger partial charge is 0.303 e. The molecule has 0 spiro atoms. The lowest BCUT2D eigenvalue weighted by molar-refractivity contribution is -0.204. The van der Waals surface area contributed by atoms with Gasteiger partial charge in [0.2, 0.25) is 0 Å². The van der Waals surface area contributed by atoms with E-state index in [0.29, 0.717) is 12.2 Å². The van der Waals surface area contributed by atoms with Gasteiger partial charge in [-0.25, -0.2) is 5.26 Å². The van der Waals surface area contributed by atoms with Gasteiger partial charge in [0, 0.05) is 12.8 Å². The normalized spacial score (nSPS) is 12.7. The van der Waals surface area contributed by atoms with E-state index in [4.69, 9.17) is 10.4 Å². The molecule has 0 aromatic carbocycles. The van der Waals surface area contributed by atoms with E-state index < -0.39 is 5.97 Å². The summed E-state index contributed by atoms with van der Waals surface area (Å²) < 4.78 is 0. The van der Waals surface area contributed by atoms with Crippen LogP contribution in [-0.2, 0) is 9.68 Å². The lowest BCUT2D eigenvalue weighted by atomic mass is 10.2. The number of rotatable bonds is 13. The average Bonchev–Trinajstić information content (AvgIpc) is 2.50. The number of hydrogen-bond donors (Lipinski definition) is 2. The van der Waals surface area contributed by atoms with E-state index in [1.807, 2.05) is 24.3 Å². The third kappa shape index (κ3) is 14.6. The molecule has 0 aromatic heterocycles. The van der Waals surface area contributed by atoms with Gasteiger partial charge in [-0.15, -0.1) is 0 Å². The summed E-state index contributed by atoms with van der Waals surface area (Å²) in [6.45, 7) is 2.06. The highest BCUT2D eigenvalue weighted by molar-refractivity contribution is 5.66. The quantitative estimate of drug-likeness (QED) is 0.160. The van der Waals surface area contributed by atoms with E-state index in [-0.39, 0.29) is 6.42 Å². The maximum Gasteiger partial charge on any atom is 0.303 e. The van der Waals surface area contributed by atoms with Gasteiger partial charge in [0.05, 0.1) is 0 Å². The molecule has 124 valence electrons. The Morgan fingerprint density at radius 3 is 2.41 bits per heavy atom. The standard InChI is InChI=1S/C18H28O4/c1-2-3-11-14-17(22-21)15-12-9-7-5-4-6-8-10-13-16-18(19)20/h3-4,6-7,9,11,15,21H,2,5,8,10,12-14,16H2,1H3,(H,19,20)/b6-4-,9-7-,11-3-,17-15+. The van der Waals surface area contributed by atoms with Crippen LogP contribution in [0.5, 0.6) is 0 Å². The SMILES string of the molecule is CC/C=C\C/C(=C\C/C=C\C/C=C\CCCCC(=O)O)OO. The molecule has 2 N–H and O–H groups in total. The summed E-state index contributed by atoms with van der Waals surface area (Å²) in [4.78, 5) is 14.6. The number of unbranched alkanes of at least 4 members (excludes halogenated alkanes) is 2. The minimum absolute atomic E-state index is 0.253. The highest BCUT2D eigenvalue weighted by Gasteiger charge is 1.94. The summed E-state index contributed by atoms with van der Waals surface area (Å²) in [5.74, 6) is -0.167. The summed E-state index contributed by atoms with van der Waals surface area (Å²) >= 11 is 0. The molecule has 22 heavy (non-hydrogen) atoms. The Morgan fingerprint density at radius 1 is 1.00 bits per heavy atom. The Kier molecular flexibility index (Phi) is 14.3. The first-order chi connectivity index (χ1) is 10.7. The fraction of sp³-hybridized carbons (Fsp3) is 0.500. The zero-order valence-electron chi connectivity index (χ0n) is 13.4. The van der Waals surface area contributed by atoms with Gasteiger partial charge in [-0.3, -0.25) is 4.79 Å². The third-order valence-electron chi connectivity index (χ3n) is 2.94. The lowest BCUT2D eigenvalue weighted by Crippen LogP contribution is -1.92. The summed E-state index contributed by atoms with van der Waals surface area (Å²) in [5, 5.41) is 17.2. The average molecular weight is 308 g/mol. The molecule has 0 amide bonds. The Bertz CT molecular complexity index is 392. The number of aliphatic carboxylic acids is 1. The van der Waals surface area contributed by atoms with Gasteiger partial charge >= 0.3 is 5.97 Å². The number of carboxylic acids is 1. The molecule has 4 nitrogen and oxygen atoms in total. The van der Waals surface area contributed by atoms with Crippen molar-refractivity contribution in [3.8, 4) is 0 Å². The van der Waals surface area contributed by atoms with Crippen LogP contribution in [0.2, 0.25) is 0 Å². The molecular weight excluding hydrogens is 280 g/mol. The maximum atomic E-state index is 10.3. The van der Waals surface area contributed by atoms with E-state index in [2.05, 4.69) is 30.0 Å². The molecule has 0 aliphatic rings. The van der Waals surface area contributed by atoms with E-state index in [9.17, 15) is 4.79 Å². The fourth-order valence-electron chi connectivity index (χ4n) is 1.75. The van der Waals surface area contributed by atoms with Crippen LogP contribution in [0.25, 0.3) is 0 Å². The molecule has 4 heteroatoms. The Balaban J connectivity index is 3.71. The Morgan fingerprint density at radius 2 is 1.73 bits per heavy atom. The monoisotopic (exact) mass is 308 g/mol. The predicted octanol–water partition coefficient (Wildman–Crippen LogP) is 5.25. The minimum Gasteiger partial charge on any atom is -0.481 e. The zero-order valence-corrected chi connectivity index (χ0v) is 13.4. The first kappa shape index (κ1) is 20.2. The van der Waals surface area contributed by atoms with Gasteiger partial charge in [-0.05, 0) is 44.6 Å². The van der Waals surface area contributed by atoms with Crippen LogP contribution >= 0.6 is 0 Å². The highest BCUT2D eigenvalue weighted by atomic mass is 17.1. The Hall–Kier alpha value is -1.81. The van der Waals surface area contributed by atoms with Crippen molar-refractivity contribution in [2.24, 2.45) is 0 Å². The van der Waals surface area contributed by atoms with Crippen molar-refractivity contribution in [3.05, 3.63) is 48.3 Å². The molecule has 0 fully saturated rings. The molecule has 0 aliphatic carbocycles. The third-order valence-corrected chi connectivity index (χ3v) is 2.94. The van der Waals surface area contributed by atoms with E-state index in [0.717, 1.165) is 38.5 Å². The summed E-state index contributed by atoms with van der Waals surface area (Å²) in [6, 6.07) is 0. The van der Waals surface area contributed by atoms with Crippen LogP contribution in [0.3, 0.4) is 0 Å². The van der Waals surface area contributed by atoms with Crippen LogP contribution in [0, 0.1) is 0 Å². The zero-order chi connectivity index (χ0) is 16.5. The van der Waals surface area contributed by atoms with E-state index in [1.165, 1.54) is 0 Å². The second kappa shape index (κ2) is 15.6. The number of carboxylic acid groups (broad SMARTS) is 1. The molecule has 0 aromatic rings. The van der Waals surface area contributed by atoms with Gasteiger partial charge in [-0.1, -0.05) is 43.4 Å². The summed E-state index contributed by atoms with van der Waals surface area (Å²) in [6.07, 6.45) is 20.1. The maximum absolute atomic E-state index is 10.3. The molecule has 0 saturated heterocycles. The second-order valence-electron chi connectivity index (χ2n) is 4.90. The first-order valence-electron chi connectivity index (χ1n) is 7.88. The number of allylic oxidation sites excluding steroid dienone is 7. The van der Waals surface area contributed by atoms with Crippen LogP contribution in [0.1, 0.15) is 58.3 Å². The van der Waals surface area contributed by atoms with Gasteiger partial charge < -0.3 is 9.99 Å². The van der Waals surface area contributed by atoms with Crippen molar-refractivity contribution >= 4 is 5.97 Å². The topological polar surface area (TPSA) is 66.8 Å². The van der Waals surface area contributed by atoms with Gasteiger partial charge in [-0.2, -0.15) is 0 Å². The first-order valence-corrected chi connectivity index (χ1v) is 7.88. The van der Waals surface area contributed by atoms with Crippen molar-refractivity contribution in [3.63, 3.8) is 0 Å². The molecule has 0 atom stereocenters. The predicted molar refractivity (Wildman–Crippen MR) is 89.5 cm³/mol. The Labute approximate surface area is 133 Å². The molecule has 0 aliphatic heterocycles. The van der Waals surface area contributed by atoms with E-state index in [1.54, 1.807) is 0 Å². The van der Waals surface area contributed by atoms with E-state index >= 15 is 0 Å². The highest BCUT2D eigenvalue weighted by Crippen LogP contribution is 2.06. The van der Waals surface area contributed by atoms with Crippen molar-refractivity contribution in [2.45, 2.75) is 58.3 Å². The lowest BCUT2D eigenvalue weighted by Gasteiger charge is -1.98. The van der Waals surface area contributed by atoms with Gasteiger partial charge in [0.1, 0.15) is 5.76 Å². The van der Waals surface area contributed by atoms with Crippen LogP contribution in [0.4, 0.5) is 0 Å². The van der Waals surface area contributed by atoms with Crippen LogP contribution in [0.15, 0.2) is 48.3 Å². The number of carbonyl (C=O) groups is 1. The van der Waals surface area contributed by atoms with Crippen molar-refractivity contribution in [1.82, 2.24) is 0 Å². The summed E-state index contributed by atoms with van der Waals surface area (Å²) in [7, 11) is 0. The fourth-order valence-corrected chi connectivity index (χ4v) is 1.75. The molecule has 0 unspecified atom stereocenters. The second-order valence-corrected chi connectivity index (χ2v) is 4.90. The van der Waals surface area contributed by atoms with Crippen LogP contribution < -0.4 is 0 Å². The molecule has 0 saturated carbocycles. The minimum atomic E-state index is -0.726. The molecule has 0 bridgehead atoms. The molecular formula is C18H28O4. The molecule has 0 heterocycles. The van der Waals surface area contributed by atoms with Crippen LogP contribution in [-0.4, -0.2) is 16.3 Å². The summed E-state index contributed by atoms with van der Waals surface area (Å²) in [5.41, 5.74) is 0. The molecule has 0 radical (unpaired) electrons. The van der Waals surface area contributed by atoms with Crippen molar-refractivity contribution in [2.75, 3.05) is 0 Å². The number of hydrogen-bond acceptors (Lipinski definition) is 3. The largest absolute Gasteiger partial charge is 0.481 e.